The van der Waals surface area contributed by atoms with E-state index in [1.54, 1.807) is 0 Å². The summed E-state index contributed by atoms with van der Waals surface area (Å²) in [6.07, 6.45) is 11.6. The Labute approximate surface area is 167 Å². The summed E-state index contributed by atoms with van der Waals surface area (Å²) in [4.78, 5) is 0. The molecule has 1 rings (SSSR count). The maximum atomic E-state index is 5.72. The number of rotatable bonds is 19. The summed E-state index contributed by atoms with van der Waals surface area (Å²) in [5.41, 5.74) is 0. The molecule has 1 aromatic carbocycles. The molecule has 0 saturated carbocycles. The van der Waals surface area contributed by atoms with E-state index in [9.17, 15) is 0 Å². The fourth-order valence-corrected chi connectivity index (χ4v) is 3.05. The van der Waals surface area contributed by atoms with Gasteiger partial charge in [-0.1, -0.05) is 63.1 Å². The normalized spacial score (nSPS) is 11.2. The average molecular weight is 380 g/mol. The van der Waals surface area contributed by atoms with Crippen LogP contribution in [0, 0.1) is 0 Å². The fraction of sp³-hybridized carbons (Fsp3) is 0.739. The molecule has 0 aliphatic rings. The summed E-state index contributed by atoms with van der Waals surface area (Å²) in [6.45, 7) is 8.09. The molecule has 0 fully saturated rings. The van der Waals surface area contributed by atoms with Gasteiger partial charge in [0, 0.05) is 19.8 Å². The number of nitrogens with one attached hydrogen (secondary N) is 1. The third-order valence-electron chi connectivity index (χ3n) is 4.53. The summed E-state index contributed by atoms with van der Waals surface area (Å²) in [7, 11) is 0. The van der Waals surface area contributed by atoms with Crippen LogP contribution in [0.15, 0.2) is 30.3 Å². The van der Waals surface area contributed by atoms with Gasteiger partial charge in [0.25, 0.3) is 0 Å². The Morgan fingerprint density at radius 3 is 1.89 bits per heavy atom. The van der Waals surface area contributed by atoms with Gasteiger partial charge in [-0.15, -0.1) is 0 Å². The Bertz CT molecular complexity index is 407. The minimum absolute atomic E-state index is 0.0990. The van der Waals surface area contributed by atoms with E-state index >= 15 is 0 Å². The lowest BCUT2D eigenvalue weighted by molar-refractivity contribution is -0.132. The van der Waals surface area contributed by atoms with Crippen molar-refractivity contribution >= 4 is 0 Å². The Morgan fingerprint density at radius 1 is 0.741 bits per heavy atom. The molecule has 0 spiro atoms. The Kier molecular flexibility index (Phi) is 16.2. The van der Waals surface area contributed by atoms with Gasteiger partial charge >= 0.3 is 0 Å². The minimum atomic E-state index is -0.0990. The molecular weight excluding hydrogens is 338 g/mol. The molecule has 156 valence electrons. The number of hydrogen-bond acceptors (Lipinski definition) is 4. The van der Waals surface area contributed by atoms with Crippen LogP contribution >= 0.6 is 0 Å². The first kappa shape index (κ1) is 23.9. The van der Waals surface area contributed by atoms with E-state index in [0.717, 1.165) is 31.9 Å². The Balaban J connectivity index is 1.77. The van der Waals surface area contributed by atoms with E-state index < -0.39 is 0 Å². The van der Waals surface area contributed by atoms with Gasteiger partial charge in [-0.2, -0.15) is 0 Å². The zero-order valence-corrected chi connectivity index (χ0v) is 17.6. The molecule has 27 heavy (non-hydrogen) atoms. The molecule has 0 saturated heterocycles. The molecule has 0 aliphatic carbocycles. The molecule has 0 amide bonds. The summed E-state index contributed by atoms with van der Waals surface area (Å²) < 4.78 is 16.8. The third kappa shape index (κ3) is 14.6. The standard InChI is InChI=1S/C23H41NO3/c1-3-25-23(26-4-2)21-24-19-15-10-8-6-5-7-9-11-16-20-27-22-17-13-12-14-18-22/h12-14,17-18,23-24H,3-11,15-16,19-21H2,1-2H3. The van der Waals surface area contributed by atoms with Crippen LogP contribution in [-0.2, 0) is 9.47 Å². The molecule has 0 unspecified atom stereocenters. The highest BCUT2D eigenvalue weighted by Crippen LogP contribution is 2.12. The number of benzene rings is 1. The van der Waals surface area contributed by atoms with Crippen LogP contribution in [0.1, 0.15) is 71.6 Å². The topological polar surface area (TPSA) is 39.7 Å². The van der Waals surface area contributed by atoms with Crippen LogP contribution in [0.4, 0.5) is 0 Å². The molecule has 0 heterocycles. The highest BCUT2D eigenvalue weighted by molar-refractivity contribution is 5.20. The second kappa shape index (κ2) is 18.3. The van der Waals surface area contributed by atoms with Crippen LogP contribution in [0.2, 0.25) is 0 Å². The highest BCUT2D eigenvalue weighted by Gasteiger charge is 2.06. The van der Waals surface area contributed by atoms with Crippen molar-refractivity contribution in [1.29, 1.82) is 0 Å². The maximum Gasteiger partial charge on any atom is 0.169 e. The molecular formula is C23H41NO3. The molecule has 4 heteroatoms. The van der Waals surface area contributed by atoms with Gasteiger partial charge in [-0.05, 0) is 45.4 Å². The molecule has 1 aromatic rings. The van der Waals surface area contributed by atoms with Gasteiger partial charge in [0.2, 0.25) is 0 Å². The largest absolute Gasteiger partial charge is 0.494 e. The smallest absolute Gasteiger partial charge is 0.169 e. The zero-order valence-electron chi connectivity index (χ0n) is 17.6. The predicted molar refractivity (Wildman–Crippen MR) is 113 cm³/mol. The second-order valence-electron chi connectivity index (χ2n) is 6.89. The van der Waals surface area contributed by atoms with Crippen LogP contribution < -0.4 is 10.1 Å². The van der Waals surface area contributed by atoms with Gasteiger partial charge in [0.1, 0.15) is 5.75 Å². The van der Waals surface area contributed by atoms with Crippen molar-refractivity contribution in [2.75, 3.05) is 32.9 Å². The number of para-hydroxylation sites is 1. The van der Waals surface area contributed by atoms with Gasteiger partial charge in [-0.3, -0.25) is 0 Å². The molecule has 0 aromatic heterocycles. The third-order valence-corrected chi connectivity index (χ3v) is 4.53. The molecule has 4 nitrogen and oxygen atoms in total. The van der Waals surface area contributed by atoms with Gasteiger partial charge in [0.15, 0.2) is 6.29 Å². The predicted octanol–water partition coefficient (Wildman–Crippen LogP) is 5.57. The van der Waals surface area contributed by atoms with E-state index in [-0.39, 0.29) is 6.29 Å². The van der Waals surface area contributed by atoms with Crippen molar-refractivity contribution in [1.82, 2.24) is 5.32 Å². The fourth-order valence-electron chi connectivity index (χ4n) is 3.05. The number of hydrogen-bond donors (Lipinski definition) is 1. The maximum absolute atomic E-state index is 5.72. The molecule has 0 radical (unpaired) electrons. The lowest BCUT2D eigenvalue weighted by Crippen LogP contribution is -2.32. The summed E-state index contributed by atoms with van der Waals surface area (Å²) in [5, 5.41) is 3.44. The van der Waals surface area contributed by atoms with Crippen LogP contribution in [0.25, 0.3) is 0 Å². The summed E-state index contributed by atoms with van der Waals surface area (Å²) >= 11 is 0. The summed E-state index contributed by atoms with van der Waals surface area (Å²) in [5.74, 6) is 0.985. The van der Waals surface area contributed by atoms with E-state index in [1.807, 2.05) is 44.2 Å². The quantitative estimate of drug-likeness (QED) is 0.252. The van der Waals surface area contributed by atoms with E-state index in [2.05, 4.69) is 5.32 Å². The van der Waals surface area contributed by atoms with Crippen molar-refractivity contribution < 1.29 is 14.2 Å². The highest BCUT2D eigenvalue weighted by atomic mass is 16.7. The SMILES string of the molecule is CCOC(CNCCCCCCCCCCCOc1ccccc1)OCC. The molecule has 1 N–H and O–H groups in total. The Morgan fingerprint density at radius 2 is 1.30 bits per heavy atom. The van der Waals surface area contributed by atoms with Crippen molar-refractivity contribution in [2.45, 2.75) is 77.9 Å². The molecule has 0 atom stereocenters. The van der Waals surface area contributed by atoms with Crippen molar-refractivity contribution in [2.24, 2.45) is 0 Å². The number of ether oxygens (including phenoxy) is 3. The molecule has 0 aliphatic heterocycles. The first-order valence-corrected chi connectivity index (χ1v) is 11.0. The monoisotopic (exact) mass is 379 g/mol. The van der Waals surface area contributed by atoms with E-state index in [1.165, 1.54) is 51.4 Å². The van der Waals surface area contributed by atoms with Gasteiger partial charge < -0.3 is 19.5 Å². The zero-order chi connectivity index (χ0) is 19.4. The van der Waals surface area contributed by atoms with Crippen molar-refractivity contribution in [3.05, 3.63) is 30.3 Å². The van der Waals surface area contributed by atoms with Gasteiger partial charge in [-0.25, -0.2) is 0 Å². The number of unbranched alkanes of at least 4 members (excludes halogenated alkanes) is 8. The Hall–Kier alpha value is -1.10. The van der Waals surface area contributed by atoms with Crippen LogP contribution in [0.3, 0.4) is 0 Å². The van der Waals surface area contributed by atoms with E-state index in [4.69, 9.17) is 14.2 Å². The lowest BCUT2D eigenvalue weighted by atomic mass is 10.1. The second-order valence-corrected chi connectivity index (χ2v) is 6.89. The van der Waals surface area contributed by atoms with Crippen LogP contribution in [-0.4, -0.2) is 39.2 Å². The van der Waals surface area contributed by atoms with Crippen LogP contribution in [0.5, 0.6) is 5.75 Å². The molecule has 0 bridgehead atoms. The first-order valence-electron chi connectivity index (χ1n) is 11.0. The first-order chi connectivity index (χ1) is 13.4. The average Bonchev–Trinajstić information content (AvgIpc) is 2.69. The van der Waals surface area contributed by atoms with Crippen molar-refractivity contribution in [3.63, 3.8) is 0 Å². The van der Waals surface area contributed by atoms with Gasteiger partial charge in [0.05, 0.1) is 6.61 Å². The van der Waals surface area contributed by atoms with E-state index in [0.29, 0.717) is 13.2 Å². The van der Waals surface area contributed by atoms with Crippen molar-refractivity contribution in [3.8, 4) is 5.75 Å². The lowest BCUT2D eigenvalue weighted by Gasteiger charge is -2.17. The summed E-state index contributed by atoms with van der Waals surface area (Å²) in [6, 6.07) is 10.1. The minimum Gasteiger partial charge on any atom is -0.494 e.